The highest BCUT2D eigenvalue weighted by Gasteiger charge is 2.18. The Morgan fingerprint density at radius 2 is 0.537 bits per heavy atom. The molecule has 0 saturated carbocycles. The molecule has 0 aliphatic rings. The number of aliphatic hydroxyl groups is 2. The molecule has 4 nitrogen and oxygen atoms in total. The molecule has 82 heavy (non-hydrogen) atoms. The van der Waals surface area contributed by atoms with Crippen molar-refractivity contribution in [3.05, 3.63) is 122 Å². The van der Waals surface area contributed by atoms with Crippen LogP contribution in [0.15, 0.2) is 122 Å². The monoisotopic (exact) mass is 1140 g/mol. The summed E-state index contributed by atoms with van der Waals surface area (Å²) in [6.45, 7) is 4.22. The molecule has 0 aromatic rings. The predicted molar refractivity (Wildman–Crippen MR) is 368 cm³/mol. The van der Waals surface area contributed by atoms with Gasteiger partial charge < -0.3 is 15.5 Å². The van der Waals surface area contributed by atoms with Gasteiger partial charge in [-0.1, -0.05) is 373 Å². The molecule has 2 atom stereocenters. The van der Waals surface area contributed by atoms with Gasteiger partial charge >= 0.3 is 0 Å². The predicted octanol–water partition coefficient (Wildman–Crippen LogP) is 24.7. The summed E-state index contributed by atoms with van der Waals surface area (Å²) in [5.74, 6) is -0.0675. The lowest BCUT2D eigenvalue weighted by Gasteiger charge is -2.20. The lowest BCUT2D eigenvalue weighted by molar-refractivity contribution is -0.123. The minimum Gasteiger partial charge on any atom is -0.394 e. The Bertz CT molecular complexity index is 1570. The van der Waals surface area contributed by atoms with Gasteiger partial charge in [0.1, 0.15) is 0 Å². The van der Waals surface area contributed by atoms with E-state index in [2.05, 4.69) is 129 Å². The standard InChI is InChI=1S/C78H137NO3/c1-3-5-7-9-11-13-15-17-19-21-23-25-27-29-31-33-35-36-37-38-39-40-41-42-44-46-48-50-52-54-56-58-60-62-64-66-68-70-72-74-78(82)79-76(75-80)77(81)73-71-69-67-65-63-61-59-57-55-53-51-49-47-45-43-34-32-30-28-26-24-22-20-18-16-14-12-10-8-6-4-2/h5,7,11,13,17,19,23,25,29,31,35-36,38-39,41-42,46,48,71,73,76-77,80-81H,3-4,6,8-10,12,14-16,18,20-22,24,26-28,30,32-34,37,40,43-45,47,49-70,72,74-75H2,1-2H3,(H,79,82)/b7-5-,13-11-,19-17-,25-23-,31-29-,36-35-,39-38-,42-41-,48-46-,73-71+. The molecule has 0 saturated heterocycles. The van der Waals surface area contributed by atoms with Crippen LogP contribution in [0.25, 0.3) is 0 Å². The van der Waals surface area contributed by atoms with Crippen LogP contribution in [0, 0.1) is 0 Å². The first-order valence-corrected chi connectivity index (χ1v) is 35.7. The third kappa shape index (κ3) is 67.6. The number of carbonyl (C=O) groups is 1. The number of rotatable bonds is 65. The van der Waals surface area contributed by atoms with E-state index in [0.717, 1.165) is 83.5 Å². The number of hydrogen-bond acceptors (Lipinski definition) is 3. The van der Waals surface area contributed by atoms with Gasteiger partial charge in [-0.25, -0.2) is 0 Å². The molecule has 0 radical (unpaired) electrons. The van der Waals surface area contributed by atoms with Crippen LogP contribution < -0.4 is 5.32 Å². The smallest absolute Gasteiger partial charge is 0.220 e. The van der Waals surface area contributed by atoms with Gasteiger partial charge in [-0.2, -0.15) is 0 Å². The van der Waals surface area contributed by atoms with Crippen LogP contribution in [0.2, 0.25) is 0 Å². The first kappa shape index (κ1) is 78.8. The molecular weight excluding hydrogens is 999 g/mol. The summed E-state index contributed by atoms with van der Waals surface area (Å²) < 4.78 is 0. The summed E-state index contributed by atoms with van der Waals surface area (Å²) in [5, 5.41) is 23.3. The summed E-state index contributed by atoms with van der Waals surface area (Å²) in [7, 11) is 0. The van der Waals surface area contributed by atoms with Crippen molar-refractivity contribution in [3.8, 4) is 0 Å². The van der Waals surface area contributed by atoms with Crippen LogP contribution in [-0.4, -0.2) is 34.9 Å². The molecule has 1 amide bonds. The zero-order valence-corrected chi connectivity index (χ0v) is 54.5. The lowest BCUT2D eigenvalue weighted by atomic mass is 10.0. The second kappa shape index (κ2) is 72.1. The molecule has 0 spiro atoms. The highest BCUT2D eigenvalue weighted by atomic mass is 16.3. The second-order valence-electron chi connectivity index (χ2n) is 23.9. The number of amides is 1. The van der Waals surface area contributed by atoms with Crippen molar-refractivity contribution < 1.29 is 15.0 Å². The molecule has 472 valence electrons. The molecule has 4 heteroatoms. The van der Waals surface area contributed by atoms with E-state index in [9.17, 15) is 15.0 Å². The Kier molecular flexibility index (Phi) is 69.2. The number of unbranched alkanes of at least 4 members (excludes halogenated alkanes) is 40. The Balaban J connectivity index is 3.53. The Morgan fingerprint density at radius 3 is 0.805 bits per heavy atom. The van der Waals surface area contributed by atoms with E-state index in [0.29, 0.717) is 6.42 Å². The van der Waals surface area contributed by atoms with Crippen molar-refractivity contribution in [3.63, 3.8) is 0 Å². The molecule has 3 N–H and O–H groups in total. The molecular formula is C78H137NO3. The Morgan fingerprint density at radius 1 is 0.305 bits per heavy atom. The van der Waals surface area contributed by atoms with Crippen molar-refractivity contribution in [1.29, 1.82) is 0 Å². The van der Waals surface area contributed by atoms with E-state index in [-0.39, 0.29) is 12.5 Å². The minimum absolute atomic E-state index is 0.0675. The van der Waals surface area contributed by atoms with E-state index >= 15 is 0 Å². The number of aliphatic hydroxyl groups excluding tert-OH is 2. The van der Waals surface area contributed by atoms with Crippen LogP contribution in [-0.2, 0) is 4.79 Å². The molecule has 0 fully saturated rings. The first-order chi connectivity index (χ1) is 40.7. The average Bonchev–Trinajstić information content (AvgIpc) is 3.50. The van der Waals surface area contributed by atoms with Gasteiger partial charge in [-0.05, 0) is 89.9 Å². The summed E-state index contributed by atoms with van der Waals surface area (Å²) in [5.41, 5.74) is 0. The maximum Gasteiger partial charge on any atom is 0.220 e. The van der Waals surface area contributed by atoms with Gasteiger partial charge in [0.15, 0.2) is 0 Å². The highest BCUT2D eigenvalue weighted by Crippen LogP contribution is 2.18. The fourth-order valence-electron chi connectivity index (χ4n) is 10.6. The molecule has 0 aromatic heterocycles. The van der Waals surface area contributed by atoms with E-state index in [1.54, 1.807) is 6.08 Å². The molecule has 2 unspecified atom stereocenters. The van der Waals surface area contributed by atoms with Crippen LogP contribution in [0.5, 0.6) is 0 Å². The molecule has 0 rings (SSSR count). The van der Waals surface area contributed by atoms with Crippen LogP contribution in [0.3, 0.4) is 0 Å². The van der Waals surface area contributed by atoms with Gasteiger partial charge in [0.25, 0.3) is 0 Å². The van der Waals surface area contributed by atoms with Crippen LogP contribution in [0.4, 0.5) is 0 Å². The lowest BCUT2D eigenvalue weighted by Crippen LogP contribution is -2.45. The summed E-state index contributed by atoms with van der Waals surface area (Å²) >= 11 is 0. The normalized spacial score (nSPS) is 13.5. The summed E-state index contributed by atoms with van der Waals surface area (Å²) in [6.07, 6.45) is 110. The SMILES string of the molecule is CC/C=C\C/C=C\C/C=C\C/C=C\C/C=C\C/C=C\C/C=C\C/C=C\C/C=C\CCCCCCCCCCCCCC(=O)NC(CO)C(O)/C=C/CCCCCCCCCCCCCCCCCCCCCCCCCCCCCCC. The van der Waals surface area contributed by atoms with Gasteiger partial charge in [0.2, 0.25) is 5.91 Å². The van der Waals surface area contributed by atoms with E-state index in [4.69, 9.17) is 0 Å². The largest absolute Gasteiger partial charge is 0.394 e. The number of hydrogen-bond donors (Lipinski definition) is 3. The van der Waals surface area contributed by atoms with Crippen molar-refractivity contribution in [2.75, 3.05) is 6.61 Å². The molecule has 0 aliphatic carbocycles. The fraction of sp³-hybridized carbons (Fsp3) is 0.731. The third-order valence-corrected chi connectivity index (χ3v) is 16.0. The topological polar surface area (TPSA) is 69.6 Å². The van der Waals surface area contributed by atoms with E-state index in [1.807, 2.05) is 6.08 Å². The highest BCUT2D eigenvalue weighted by molar-refractivity contribution is 5.76. The summed E-state index contributed by atoms with van der Waals surface area (Å²) in [4.78, 5) is 12.6. The van der Waals surface area contributed by atoms with Gasteiger partial charge in [-0.15, -0.1) is 0 Å². The van der Waals surface area contributed by atoms with Crippen molar-refractivity contribution in [2.24, 2.45) is 0 Å². The number of nitrogens with one attached hydrogen (secondary N) is 1. The van der Waals surface area contributed by atoms with Crippen molar-refractivity contribution in [2.45, 2.75) is 360 Å². The Hall–Kier alpha value is -3.21. The molecule has 0 aliphatic heterocycles. The van der Waals surface area contributed by atoms with Crippen LogP contribution >= 0.6 is 0 Å². The van der Waals surface area contributed by atoms with Crippen molar-refractivity contribution >= 4 is 5.91 Å². The Labute approximate surface area is 511 Å². The molecule has 0 aromatic carbocycles. The maximum atomic E-state index is 12.6. The second-order valence-corrected chi connectivity index (χ2v) is 23.9. The molecule has 0 heterocycles. The fourth-order valence-corrected chi connectivity index (χ4v) is 10.6. The van der Waals surface area contributed by atoms with E-state index < -0.39 is 12.1 Å². The van der Waals surface area contributed by atoms with E-state index in [1.165, 1.54) is 244 Å². The zero-order chi connectivity index (χ0) is 59.1. The molecule has 0 bridgehead atoms. The van der Waals surface area contributed by atoms with Gasteiger partial charge in [0, 0.05) is 6.42 Å². The average molecular weight is 1140 g/mol. The third-order valence-electron chi connectivity index (χ3n) is 16.0. The zero-order valence-electron chi connectivity index (χ0n) is 54.5. The van der Waals surface area contributed by atoms with Crippen LogP contribution in [0.1, 0.15) is 348 Å². The first-order valence-electron chi connectivity index (χ1n) is 35.7. The summed E-state index contributed by atoms with van der Waals surface area (Å²) in [6, 6.07) is -0.633. The van der Waals surface area contributed by atoms with Gasteiger partial charge in [-0.3, -0.25) is 4.79 Å². The number of allylic oxidation sites excluding steroid dienone is 19. The maximum absolute atomic E-state index is 12.6. The minimum atomic E-state index is -0.850. The van der Waals surface area contributed by atoms with Gasteiger partial charge in [0.05, 0.1) is 18.8 Å². The van der Waals surface area contributed by atoms with Crippen molar-refractivity contribution in [1.82, 2.24) is 5.32 Å². The number of carbonyl (C=O) groups excluding carboxylic acids is 1. The quantitative estimate of drug-likeness (QED) is 0.0420.